The number of fused-ring (bicyclic) bond motifs is 8. The van der Waals surface area contributed by atoms with Crippen LogP contribution in [0.3, 0.4) is 0 Å². The van der Waals surface area contributed by atoms with Crippen LogP contribution < -0.4 is 0 Å². The molecule has 8 rings (SSSR count). The monoisotopic (exact) mass is 518 g/mol. The maximum atomic E-state index is 6.24. The third-order valence-corrected chi connectivity index (χ3v) is 8.70. The van der Waals surface area contributed by atoms with Gasteiger partial charge < -0.3 is 8.98 Å². The van der Waals surface area contributed by atoms with E-state index in [-0.39, 0.29) is 0 Å². The number of allylic oxidation sites excluding steroid dienone is 2. The van der Waals surface area contributed by atoms with Gasteiger partial charge >= 0.3 is 0 Å². The Kier molecular flexibility index (Phi) is 4.69. The Bertz CT molecular complexity index is 2210. The van der Waals surface area contributed by atoms with Crippen LogP contribution >= 0.6 is 11.3 Å². The average Bonchev–Trinajstić information content (AvgIpc) is 3.68. The molecule has 0 aliphatic heterocycles. The van der Waals surface area contributed by atoms with Gasteiger partial charge in [-0.2, -0.15) is 0 Å². The summed E-state index contributed by atoms with van der Waals surface area (Å²) in [5.74, 6) is 0. The van der Waals surface area contributed by atoms with Gasteiger partial charge in [0.2, 0.25) is 0 Å². The number of furan rings is 1. The first kappa shape index (κ1) is 22.1. The molecule has 3 heterocycles. The van der Waals surface area contributed by atoms with E-state index in [1.165, 1.54) is 21.8 Å². The van der Waals surface area contributed by atoms with Crippen LogP contribution in [0.15, 0.2) is 127 Å². The van der Waals surface area contributed by atoms with Gasteiger partial charge in [-0.05, 0) is 71.8 Å². The standard InChI is InChI=1S/C35H22N2OS/c1-3-21(2)23-14-17-27-32(20-23)38-31-19-18-28-34(33(27)31)39-35(36-28)22-12-15-24(16-13-22)37-29-10-6-4-8-25(29)26-9-5-7-11-30(26)37/h3-20H,1-2H2. The predicted octanol–water partition coefficient (Wildman–Crippen LogP) is 10.2. The number of hydrogen-bond donors (Lipinski definition) is 0. The minimum atomic E-state index is 0.850. The molecule has 0 fully saturated rings. The van der Waals surface area contributed by atoms with Crippen molar-refractivity contribution in [3.63, 3.8) is 0 Å². The van der Waals surface area contributed by atoms with Crippen LogP contribution in [0.4, 0.5) is 0 Å². The first-order chi connectivity index (χ1) is 19.2. The zero-order valence-corrected chi connectivity index (χ0v) is 21.8. The fourth-order valence-electron chi connectivity index (χ4n) is 5.64. The summed E-state index contributed by atoms with van der Waals surface area (Å²) in [5, 5.41) is 5.73. The number of thiazole rings is 1. The van der Waals surface area contributed by atoms with E-state index in [0.717, 1.165) is 59.6 Å². The molecule has 3 nitrogen and oxygen atoms in total. The van der Waals surface area contributed by atoms with Gasteiger partial charge in [-0.25, -0.2) is 4.98 Å². The zero-order valence-electron chi connectivity index (χ0n) is 21.0. The van der Waals surface area contributed by atoms with Crippen LogP contribution in [0.5, 0.6) is 0 Å². The Balaban J connectivity index is 1.25. The number of nitrogens with zero attached hydrogens (tertiary/aromatic N) is 2. The molecule has 0 saturated carbocycles. The van der Waals surface area contributed by atoms with Gasteiger partial charge in [0.05, 0.1) is 21.3 Å². The largest absolute Gasteiger partial charge is 0.456 e. The summed E-state index contributed by atoms with van der Waals surface area (Å²) in [7, 11) is 0. The highest BCUT2D eigenvalue weighted by Gasteiger charge is 2.16. The third kappa shape index (κ3) is 3.25. The molecule has 0 radical (unpaired) electrons. The molecule has 0 bridgehead atoms. The molecule has 184 valence electrons. The summed E-state index contributed by atoms with van der Waals surface area (Å²) in [6.07, 6.45) is 1.77. The smallest absolute Gasteiger partial charge is 0.137 e. The van der Waals surface area contributed by atoms with Crippen molar-refractivity contribution in [1.29, 1.82) is 0 Å². The highest BCUT2D eigenvalue weighted by molar-refractivity contribution is 7.22. The van der Waals surface area contributed by atoms with Crippen LogP contribution in [0.25, 0.3) is 75.8 Å². The number of para-hydroxylation sites is 2. The molecule has 8 aromatic rings. The van der Waals surface area contributed by atoms with Crippen LogP contribution in [-0.4, -0.2) is 9.55 Å². The second kappa shape index (κ2) is 8.29. The topological polar surface area (TPSA) is 31.0 Å². The van der Waals surface area contributed by atoms with Crippen LogP contribution in [0.2, 0.25) is 0 Å². The molecular weight excluding hydrogens is 496 g/mol. The molecule has 0 aliphatic rings. The molecule has 0 unspecified atom stereocenters. The minimum Gasteiger partial charge on any atom is -0.456 e. The minimum absolute atomic E-state index is 0.850. The van der Waals surface area contributed by atoms with Crippen molar-refractivity contribution in [3.05, 3.63) is 128 Å². The van der Waals surface area contributed by atoms with E-state index in [1.807, 2.05) is 12.1 Å². The number of rotatable bonds is 4. The lowest BCUT2D eigenvalue weighted by Gasteiger charge is -2.08. The SMILES string of the molecule is C=CC(=C)c1ccc2c(c1)oc1ccc3nc(-c4ccc(-n5c6ccccc6c6ccccc65)cc4)sc3c12. The van der Waals surface area contributed by atoms with Gasteiger partial charge in [0.1, 0.15) is 16.2 Å². The number of hydrogen-bond acceptors (Lipinski definition) is 3. The third-order valence-electron chi connectivity index (χ3n) is 7.56. The predicted molar refractivity (Wildman–Crippen MR) is 166 cm³/mol. The summed E-state index contributed by atoms with van der Waals surface area (Å²) < 4.78 is 9.72. The molecule has 0 N–H and O–H groups in total. The van der Waals surface area contributed by atoms with Gasteiger partial charge in [-0.1, -0.05) is 61.7 Å². The van der Waals surface area contributed by atoms with Gasteiger partial charge in [0.15, 0.2) is 0 Å². The lowest BCUT2D eigenvalue weighted by Crippen LogP contribution is -1.93. The quantitative estimate of drug-likeness (QED) is 0.217. The fraction of sp³-hybridized carbons (Fsp3) is 0. The van der Waals surface area contributed by atoms with Crippen molar-refractivity contribution in [2.75, 3.05) is 0 Å². The van der Waals surface area contributed by atoms with E-state index in [2.05, 4.69) is 109 Å². The summed E-state index contributed by atoms with van der Waals surface area (Å²) >= 11 is 1.71. The summed E-state index contributed by atoms with van der Waals surface area (Å²) in [4.78, 5) is 5.01. The van der Waals surface area contributed by atoms with Crippen molar-refractivity contribution in [2.45, 2.75) is 0 Å². The average molecular weight is 519 g/mol. The van der Waals surface area contributed by atoms with Crippen molar-refractivity contribution < 1.29 is 4.42 Å². The molecule has 3 aromatic heterocycles. The highest BCUT2D eigenvalue weighted by atomic mass is 32.1. The lowest BCUT2D eigenvalue weighted by atomic mass is 10.0. The van der Waals surface area contributed by atoms with E-state index in [9.17, 15) is 0 Å². The second-order valence-corrected chi connectivity index (χ2v) is 10.8. The summed E-state index contributed by atoms with van der Waals surface area (Å²) in [5.41, 5.74) is 9.26. The van der Waals surface area contributed by atoms with E-state index >= 15 is 0 Å². The van der Waals surface area contributed by atoms with Crippen molar-refractivity contribution in [1.82, 2.24) is 9.55 Å². The van der Waals surface area contributed by atoms with Gasteiger partial charge in [-0.15, -0.1) is 11.3 Å². The first-order valence-electron chi connectivity index (χ1n) is 12.9. The number of aromatic nitrogens is 2. The lowest BCUT2D eigenvalue weighted by molar-refractivity contribution is 0.669. The molecule has 39 heavy (non-hydrogen) atoms. The summed E-state index contributed by atoms with van der Waals surface area (Å²) in [6.45, 7) is 7.91. The Morgan fingerprint density at radius 2 is 1.49 bits per heavy atom. The Morgan fingerprint density at radius 3 is 2.21 bits per heavy atom. The maximum Gasteiger partial charge on any atom is 0.137 e. The van der Waals surface area contributed by atoms with E-state index in [1.54, 1.807) is 17.4 Å². The van der Waals surface area contributed by atoms with Gasteiger partial charge in [0.25, 0.3) is 0 Å². The number of benzene rings is 5. The maximum absolute atomic E-state index is 6.24. The van der Waals surface area contributed by atoms with Crippen LogP contribution in [-0.2, 0) is 0 Å². The highest BCUT2D eigenvalue weighted by Crippen LogP contribution is 2.41. The molecular formula is C35H22N2OS. The van der Waals surface area contributed by atoms with Crippen molar-refractivity contribution in [3.8, 4) is 16.3 Å². The first-order valence-corrected chi connectivity index (χ1v) is 13.7. The van der Waals surface area contributed by atoms with Crippen LogP contribution in [0, 0.1) is 0 Å². The molecule has 0 amide bonds. The fourth-order valence-corrected chi connectivity index (χ4v) is 6.76. The molecule has 4 heteroatoms. The molecule has 0 atom stereocenters. The molecule has 0 aliphatic carbocycles. The zero-order chi connectivity index (χ0) is 26.1. The Labute approximate surface area is 228 Å². The van der Waals surface area contributed by atoms with Gasteiger partial charge in [0, 0.05) is 32.8 Å². The van der Waals surface area contributed by atoms with E-state index in [0.29, 0.717) is 0 Å². The van der Waals surface area contributed by atoms with Crippen LogP contribution in [0.1, 0.15) is 5.56 Å². The van der Waals surface area contributed by atoms with Crippen molar-refractivity contribution in [2.24, 2.45) is 0 Å². The van der Waals surface area contributed by atoms with E-state index in [4.69, 9.17) is 9.40 Å². The van der Waals surface area contributed by atoms with Gasteiger partial charge in [-0.3, -0.25) is 0 Å². The normalized spacial score (nSPS) is 11.8. The molecule has 0 spiro atoms. The van der Waals surface area contributed by atoms with Crippen molar-refractivity contribution >= 4 is 70.9 Å². The molecule has 0 saturated heterocycles. The molecule has 5 aromatic carbocycles. The Morgan fingerprint density at radius 1 is 0.769 bits per heavy atom. The summed E-state index contributed by atoms with van der Waals surface area (Å²) in [6, 6.07) is 36.2. The Hall–Kier alpha value is -4.93. The van der Waals surface area contributed by atoms with E-state index < -0.39 is 0 Å². The second-order valence-electron chi connectivity index (χ2n) is 9.76.